The predicted molar refractivity (Wildman–Crippen MR) is 104 cm³/mol. The van der Waals surface area contributed by atoms with Gasteiger partial charge in [0.2, 0.25) is 0 Å². The van der Waals surface area contributed by atoms with Gasteiger partial charge in [-0.3, -0.25) is 0 Å². The zero-order valence-corrected chi connectivity index (χ0v) is 17.2. The van der Waals surface area contributed by atoms with E-state index in [0.29, 0.717) is 45.1 Å². The topological polar surface area (TPSA) is 55.4 Å². The van der Waals surface area contributed by atoms with Crippen LogP contribution in [-0.4, -0.2) is 42.7 Å². The Morgan fingerprint density at radius 2 is 0.808 bits per heavy atom. The molecule has 0 fully saturated rings. The zero-order valence-electron chi connectivity index (χ0n) is 15.6. The van der Waals surface area contributed by atoms with Gasteiger partial charge in [0.05, 0.1) is 60.5 Å². The number of rotatable bonds is 8. The summed E-state index contributed by atoms with van der Waals surface area (Å²) < 4.78 is 32.7. The number of benzene rings is 2. The van der Waals surface area contributed by atoms with Crippen molar-refractivity contribution in [1.29, 1.82) is 0 Å². The summed E-state index contributed by atoms with van der Waals surface area (Å²) in [6.45, 7) is 0. The molecule has 0 radical (unpaired) electrons. The van der Waals surface area contributed by atoms with Crippen LogP contribution in [0.4, 0.5) is 0 Å². The van der Waals surface area contributed by atoms with E-state index in [1.807, 2.05) is 0 Å². The fourth-order valence-electron chi connectivity index (χ4n) is 2.47. The third-order valence-corrected chi connectivity index (χ3v) is 6.45. The molecule has 0 amide bonds. The van der Waals surface area contributed by atoms with E-state index in [1.54, 1.807) is 66.9 Å². The van der Waals surface area contributed by atoms with Gasteiger partial charge in [0, 0.05) is 24.3 Å². The molecular weight excluding hydrogens is 379 g/mol. The van der Waals surface area contributed by atoms with Gasteiger partial charge in [0.15, 0.2) is 0 Å². The molecular formula is C18H22ClO6P. The molecule has 142 valence electrons. The molecule has 0 saturated heterocycles. The second-order valence-corrected chi connectivity index (χ2v) is 7.51. The fraction of sp³-hybridized carbons (Fsp3) is 0.333. The van der Waals surface area contributed by atoms with Gasteiger partial charge in [0.25, 0.3) is 0 Å². The van der Waals surface area contributed by atoms with Crippen molar-refractivity contribution >= 4 is 29.1 Å². The van der Waals surface area contributed by atoms with Crippen LogP contribution in [0, 0.1) is 0 Å². The second-order valence-electron chi connectivity index (χ2n) is 5.04. The molecule has 0 aliphatic heterocycles. The van der Waals surface area contributed by atoms with E-state index in [4.69, 9.17) is 39.7 Å². The van der Waals surface area contributed by atoms with E-state index in [1.165, 1.54) is 0 Å². The minimum Gasteiger partial charge on any atom is -0.496 e. The molecule has 0 unspecified atom stereocenters. The summed E-state index contributed by atoms with van der Waals surface area (Å²) in [4.78, 5) is 0. The number of hydrogen-bond acceptors (Lipinski definition) is 6. The first-order chi connectivity index (χ1) is 12.5. The highest BCUT2D eigenvalue weighted by Crippen LogP contribution is 2.51. The first kappa shape index (κ1) is 20.3. The SMILES string of the molecule is COc1cc(OC)c(P(Cl)c2c(OC)cc(OC)cc2OC)c(OC)c1. The molecule has 2 aromatic rings. The molecule has 26 heavy (non-hydrogen) atoms. The molecule has 0 N–H and O–H groups in total. The van der Waals surface area contributed by atoms with Crippen LogP contribution in [0.15, 0.2) is 24.3 Å². The number of hydrogen-bond donors (Lipinski definition) is 0. The molecule has 0 atom stereocenters. The van der Waals surface area contributed by atoms with Crippen molar-refractivity contribution in [3.05, 3.63) is 24.3 Å². The molecule has 0 aliphatic rings. The van der Waals surface area contributed by atoms with Gasteiger partial charge in [-0.2, -0.15) is 0 Å². The minimum atomic E-state index is -1.45. The van der Waals surface area contributed by atoms with E-state index in [0.717, 1.165) is 0 Å². The standard InChI is InChI=1S/C18H22ClO6P/c1-20-11-7-13(22-3)17(14(8-11)23-4)26(19)18-15(24-5)9-12(21-2)10-16(18)25-6/h7-10H,1-6H3. The number of ether oxygens (including phenoxy) is 6. The Morgan fingerprint density at radius 3 is 1.00 bits per heavy atom. The van der Waals surface area contributed by atoms with Crippen molar-refractivity contribution in [1.82, 2.24) is 0 Å². The number of halogens is 1. The fourth-order valence-corrected chi connectivity index (χ4v) is 5.09. The Morgan fingerprint density at radius 1 is 0.538 bits per heavy atom. The molecule has 0 spiro atoms. The maximum absolute atomic E-state index is 6.92. The molecule has 0 aliphatic carbocycles. The average molecular weight is 401 g/mol. The van der Waals surface area contributed by atoms with Gasteiger partial charge in [-0.25, -0.2) is 0 Å². The summed E-state index contributed by atoms with van der Waals surface area (Å²) in [6.07, 6.45) is 0. The Bertz CT molecular complexity index is 654. The van der Waals surface area contributed by atoms with Gasteiger partial charge in [0.1, 0.15) is 34.5 Å². The maximum atomic E-state index is 6.92. The molecule has 8 heteroatoms. The van der Waals surface area contributed by atoms with Crippen LogP contribution in [-0.2, 0) is 0 Å². The van der Waals surface area contributed by atoms with Gasteiger partial charge in [-0.15, -0.1) is 0 Å². The minimum absolute atomic E-state index is 0.558. The highest BCUT2D eigenvalue weighted by atomic mass is 35.7. The Balaban J connectivity index is 2.71. The Hall–Kier alpha value is -2.04. The Labute approximate surface area is 159 Å². The van der Waals surface area contributed by atoms with Gasteiger partial charge < -0.3 is 28.4 Å². The molecule has 0 saturated carbocycles. The maximum Gasteiger partial charge on any atom is 0.135 e. The Kier molecular flexibility index (Phi) is 7.06. The molecule has 0 heterocycles. The smallest absolute Gasteiger partial charge is 0.135 e. The van der Waals surface area contributed by atoms with E-state index in [-0.39, 0.29) is 0 Å². The van der Waals surface area contributed by atoms with E-state index in [2.05, 4.69) is 0 Å². The van der Waals surface area contributed by atoms with Crippen molar-refractivity contribution < 1.29 is 28.4 Å². The first-order valence-corrected chi connectivity index (χ1v) is 9.85. The summed E-state index contributed by atoms with van der Waals surface area (Å²) in [6, 6.07) is 7.05. The lowest BCUT2D eigenvalue weighted by Gasteiger charge is -2.22. The van der Waals surface area contributed by atoms with Gasteiger partial charge in [-0.05, 0) is 0 Å². The largest absolute Gasteiger partial charge is 0.496 e. The third-order valence-electron chi connectivity index (χ3n) is 3.77. The molecule has 0 aromatic heterocycles. The van der Waals surface area contributed by atoms with Crippen molar-refractivity contribution in [2.45, 2.75) is 0 Å². The van der Waals surface area contributed by atoms with Crippen LogP contribution < -0.4 is 39.0 Å². The quantitative estimate of drug-likeness (QED) is 0.634. The number of methoxy groups -OCH3 is 6. The van der Waals surface area contributed by atoms with Crippen molar-refractivity contribution in [3.63, 3.8) is 0 Å². The van der Waals surface area contributed by atoms with E-state index in [9.17, 15) is 0 Å². The monoisotopic (exact) mass is 400 g/mol. The summed E-state index contributed by atoms with van der Waals surface area (Å²) in [7, 11) is 7.98. The summed E-state index contributed by atoms with van der Waals surface area (Å²) in [5, 5.41) is 1.41. The van der Waals surface area contributed by atoms with Crippen LogP contribution in [0.25, 0.3) is 0 Å². The summed E-state index contributed by atoms with van der Waals surface area (Å²) in [5.41, 5.74) is 0. The van der Waals surface area contributed by atoms with Crippen LogP contribution in [0.5, 0.6) is 34.5 Å². The first-order valence-electron chi connectivity index (χ1n) is 7.60. The van der Waals surface area contributed by atoms with Crippen LogP contribution in [0.2, 0.25) is 0 Å². The van der Waals surface area contributed by atoms with Crippen molar-refractivity contribution in [2.75, 3.05) is 42.7 Å². The van der Waals surface area contributed by atoms with Gasteiger partial charge in [-0.1, -0.05) is 11.2 Å². The normalized spacial score (nSPS) is 10.5. The van der Waals surface area contributed by atoms with Crippen molar-refractivity contribution in [3.8, 4) is 34.5 Å². The van der Waals surface area contributed by atoms with Crippen LogP contribution in [0.1, 0.15) is 0 Å². The lowest BCUT2D eigenvalue weighted by Crippen LogP contribution is -2.17. The summed E-state index contributed by atoms with van der Waals surface area (Å²) >= 11 is 6.92. The lowest BCUT2D eigenvalue weighted by atomic mass is 10.3. The summed E-state index contributed by atoms with van der Waals surface area (Å²) in [5.74, 6) is 3.45. The molecule has 2 aromatic carbocycles. The second kappa shape index (κ2) is 9.06. The molecule has 2 rings (SSSR count). The highest BCUT2D eigenvalue weighted by Gasteiger charge is 2.28. The lowest BCUT2D eigenvalue weighted by molar-refractivity contribution is 0.379. The van der Waals surface area contributed by atoms with Crippen molar-refractivity contribution in [2.24, 2.45) is 0 Å². The van der Waals surface area contributed by atoms with E-state index < -0.39 is 7.27 Å². The third kappa shape index (κ3) is 3.87. The predicted octanol–water partition coefficient (Wildman–Crippen LogP) is 3.32. The van der Waals surface area contributed by atoms with E-state index >= 15 is 0 Å². The molecule has 0 bridgehead atoms. The van der Waals surface area contributed by atoms with Gasteiger partial charge >= 0.3 is 0 Å². The van der Waals surface area contributed by atoms with Crippen LogP contribution >= 0.6 is 18.5 Å². The van der Waals surface area contributed by atoms with Crippen LogP contribution in [0.3, 0.4) is 0 Å². The average Bonchev–Trinajstić information content (AvgIpc) is 2.70. The molecule has 6 nitrogen and oxygen atoms in total. The highest BCUT2D eigenvalue weighted by molar-refractivity contribution is 7.96. The zero-order chi connectivity index (χ0) is 19.3.